The summed E-state index contributed by atoms with van der Waals surface area (Å²) in [5, 5.41) is 30.6. The van der Waals surface area contributed by atoms with Gasteiger partial charge in [0, 0.05) is 44.4 Å². The fourth-order valence-electron chi connectivity index (χ4n) is 8.43. The molecule has 8 aromatic rings. The summed E-state index contributed by atoms with van der Waals surface area (Å²) in [5.41, 5.74) is 2.96. The number of carbonyl (C=O) groups excluding carboxylic acids is 3. The Kier molecular flexibility index (Phi) is 16.0. The molecule has 1 saturated heterocycles. The number of aromatic carboxylic acids is 1. The van der Waals surface area contributed by atoms with Crippen molar-refractivity contribution in [2.75, 3.05) is 36.9 Å². The average molecular weight is 1070 g/mol. The maximum absolute atomic E-state index is 15.1. The molecule has 73 heavy (non-hydrogen) atoms. The molecule has 4 aromatic carbocycles. The maximum atomic E-state index is 15.1. The molecule has 0 spiro atoms. The van der Waals surface area contributed by atoms with Crippen molar-refractivity contribution in [3.05, 3.63) is 175 Å². The number of benzene rings is 4. The van der Waals surface area contributed by atoms with Gasteiger partial charge in [-0.25, -0.2) is 22.4 Å². The summed E-state index contributed by atoms with van der Waals surface area (Å²) in [5.74, 6) is -5.61. The molecule has 4 aromatic heterocycles. The lowest BCUT2D eigenvalue weighted by Gasteiger charge is -2.32. The molecule has 2 atom stereocenters. The van der Waals surface area contributed by atoms with E-state index < -0.39 is 57.5 Å². The minimum Gasteiger partial charge on any atom is -0.478 e. The smallest absolute Gasteiger partial charge is 0.338 e. The molecule has 1 aliphatic rings. The quantitative estimate of drug-likeness (QED) is 0.0888. The lowest BCUT2D eigenvalue weighted by molar-refractivity contribution is -0.125. The highest BCUT2D eigenvalue weighted by Gasteiger charge is 2.42. The minimum absolute atomic E-state index is 0.0181. The Morgan fingerprint density at radius 2 is 1.07 bits per heavy atom. The van der Waals surface area contributed by atoms with Crippen LogP contribution >= 0.6 is 45.3 Å². The van der Waals surface area contributed by atoms with E-state index in [0.717, 1.165) is 14.6 Å². The van der Waals surface area contributed by atoms with Crippen LogP contribution in [0.1, 0.15) is 81.1 Å². The van der Waals surface area contributed by atoms with Crippen LogP contribution in [-0.4, -0.2) is 80.4 Å². The molecule has 376 valence electrons. The molecular weight excluding hydrogens is 1020 g/mol. The van der Waals surface area contributed by atoms with E-state index in [-0.39, 0.29) is 23.3 Å². The number of thiophene rings is 2. The fraction of sp³-hybridized carbons (Fsp3) is 0.231. The zero-order valence-corrected chi connectivity index (χ0v) is 42.7. The van der Waals surface area contributed by atoms with Crippen LogP contribution < -0.4 is 10.6 Å². The number of amides is 3. The van der Waals surface area contributed by atoms with Crippen LogP contribution in [-0.2, 0) is 14.3 Å². The third kappa shape index (κ3) is 11.9. The molecule has 9 rings (SSSR count). The molecule has 1 fully saturated rings. The van der Waals surface area contributed by atoms with Crippen LogP contribution in [0.2, 0.25) is 0 Å². The molecule has 0 saturated carbocycles. The van der Waals surface area contributed by atoms with Crippen LogP contribution in [0.4, 0.5) is 27.8 Å². The number of anilines is 2. The summed E-state index contributed by atoms with van der Waals surface area (Å²) in [6, 6.07) is 28.1. The number of morpholine rings is 1. The van der Waals surface area contributed by atoms with E-state index in [4.69, 9.17) is 9.84 Å². The van der Waals surface area contributed by atoms with E-state index in [1.807, 2.05) is 18.2 Å². The zero-order valence-electron chi connectivity index (χ0n) is 39.4. The Hall–Kier alpha value is -7.04. The topological polar surface area (TPSA) is 177 Å². The first-order chi connectivity index (χ1) is 34.9. The number of nitrogens with one attached hydrogen (secondary N) is 2. The molecule has 21 heteroatoms. The van der Waals surface area contributed by atoms with Gasteiger partial charge in [0.25, 0.3) is 5.91 Å². The van der Waals surface area contributed by atoms with Crippen LogP contribution in [0, 0.1) is 34.1 Å². The first-order valence-corrected chi connectivity index (χ1v) is 25.9. The van der Waals surface area contributed by atoms with Gasteiger partial charge < -0.3 is 25.4 Å². The normalized spacial score (nSPS) is 13.6. The molecule has 3 N–H and O–H groups in total. The highest BCUT2D eigenvalue weighted by Crippen LogP contribution is 2.48. The van der Waals surface area contributed by atoms with Crippen LogP contribution in [0.3, 0.4) is 0 Å². The number of halogens is 4. The van der Waals surface area contributed by atoms with Gasteiger partial charge in [-0.05, 0) is 95.1 Å². The summed E-state index contributed by atoms with van der Waals surface area (Å²) in [4.78, 5) is 55.2. The predicted molar refractivity (Wildman–Crippen MR) is 274 cm³/mol. The molecule has 0 unspecified atom stereocenters. The molecule has 5 heterocycles. The van der Waals surface area contributed by atoms with E-state index in [1.165, 1.54) is 111 Å². The van der Waals surface area contributed by atoms with Gasteiger partial charge in [-0.15, -0.1) is 43.1 Å². The number of carbonyl (C=O) groups is 4. The Morgan fingerprint density at radius 1 is 0.616 bits per heavy atom. The summed E-state index contributed by atoms with van der Waals surface area (Å²) in [7, 11) is 0. The van der Waals surface area contributed by atoms with Crippen molar-refractivity contribution in [2.24, 2.45) is 10.8 Å². The number of aromatic nitrogens is 4. The highest BCUT2D eigenvalue weighted by molar-refractivity contribution is 7.16. The molecule has 0 radical (unpaired) electrons. The number of carboxylic acid groups (broad SMARTS) is 1. The third-order valence-corrected chi connectivity index (χ3v) is 15.8. The van der Waals surface area contributed by atoms with Gasteiger partial charge in [0.1, 0.15) is 34.3 Å². The Bertz CT molecular complexity index is 3270. The Morgan fingerprint density at radius 3 is 1.47 bits per heavy atom. The van der Waals surface area contributed by atoms with Crippen molar-refractivity contribution in [2.45, 2.75) is 39.5 Å². The fourth-order valence-corrected chi connectivity index (χ4v) is 11.9. The van der Waals surface area contributed by atoms with E-state index >= 15 is 4.39 Å². The van der Waals surface area contributed by atoms with Gasteiger partial charge in [0.05, 0.1) is 35.2 Å². The van der Waals surface area contributed by atoms with E-state index in [2.05, 4.69) is 31.0 Å². The summed E-state index contributed by atoms with van der Waals surface area (Å²) >= 11 is 5.12. The van der Waals surface area contributed by atoms with Crippen molar-refractivity contribution in [3.63, 3.8) is 0 Å². The zero-order chi connectivity index (χ0) is 52.0. The summed E-state index contributed by atoms with van der Waals surface area (Å²) in [6.07, 6.45) is 0. The molecule has 1 aliphatic heterocycles. The Labute approximate surface area is 432 Å². The summed E-state index contributed by atoms with van der Waals surface area (Å²) < 4.78 is 63.1. The number of ether oxygens (including phenoxy) is 1. The number of carboxylic acids is 1. The van der Waals surface area contributed by atoms with Crippen molar-refractivity contribution >= 4 is 79.3 Å². The lowest BCUT2D eigenvalue weighted by atomic mass is 9.73. The SMILES string of the molecule is CC(C)(C(=O)Nc1nncs1)[C@@H](c1cccc(F)c1)c1ccc(-c2ccc(C(=O)N3CCOCC3)c(F)c2)s1.CC(C)(C(=O)Nc1nncs1)[C@@H](c1cccc(F)c1)c1ccc(-c2ccc(C(=O)O)c(F)c2)s1. The lowest BCUT2D eigenvalue weighted by Crippen LogP contribution is -2.41. The van der Waals surface area contributed by atoms with Gasteiger partial charge in [0.15, 0.2) is 0 Å². The van der Waals surface area contributed by atoms with Gasteiger partial charge >= 0.3 is 5.97 Å². The molecule has 0 bridgehead atoms. The van der Waals surface area contributed by atoms with Crippen LogP contribution in [0.15, 0.2) is 120 Å². The number of rotatable bonds is 14. The molecule has 0 aliphatic carbocycles. The van der Waals surface area contributed by atoms with Crippen LogP contribution in [0.5, 0.6) is 0 Å². The van der Waals surface area contributed by atoms with Gasteiger partial charge in [0.2, 0.25) is 22.1 Å². The third-order valence-electron chi connectivity index (χ3n) is 12.2. The second-order valence-electron chi connectivity index (χ2n) is 17.8. The second-order valence-corrected chi connectivity index (χ2v) is 21.7. The average Bonchev–Trinajstić information content (AvgIpc) is 4.23. The summed E-state index contributed by atoms with van der Waals surface area (Å²) in [6.45, 7) is 8.85. The standard InChI is InChI=1S/C28H26F2N4O3S2.C24H19F2N3O3S2/c1-28(2,26(36)32-27-33-31-16-38-27)24(18-4-3-5-19(29)14-18)23-9-8-22(39-23)17-6-7-20(21(30)15-17)25(35)34-10-12-37-13-11-34;1-24(2,22(32)28-23-29-27-12-33-23)20(14-4-3-5-15(25)10-14)19-9-8-18(34-19)13-6-7-16(21(30)31)17(26)11-13/h3-9,14-16,24H,10-13H2,1-2H3,(H,32,33,36);3-12,20H,1-2H3,(H,30,31)(H,28,29,32)/t24-;20-/m00/s1. The molecule has 13 nitrogen and oxygen atoms in total. The minimum atomic E-state index is -1.34. The van der Waals surface area contributed by atoms with Gasteiger partial charge in [-0.3, -0.25) is 14.4 Å². The first kappa shape index (κ1) is 52.3. The van der Waals surface area contributed by atoms with E-state index in [9.17, 15) is 32.3 Å². The highest BCUT2D eigenvalue weighted by atomic mass is 32.1. The van der Waals surface area contributed by atoms with E-state index in [0.29, 0.717) is 63.7 Å². The Balaban J connectivity index is 0.000000197. The number of hydrogen-bond acceptors (Lipinski definition) is 13. The number of nitrogens with zero attached hydrogens (tertiary/aromatic N) is 5. The predicted octanol–water partition coefficient (Wildman–Crippen LogP) is 11.9. The van der Waals surface area contributed by atoms with Crippen molar-refractivity contribution in [1.29, 1.82) is 0 Å². The van der Waals surface area contributed by atoms with Crippen molar-refractivity contribution in [1.82, 2.24) is 25.3 Å². The molecular formula is C52H45F4N7O6S4. The second kappa shape index (κ2) is 22.4. The van der Waals surface area contributed by atoms with Crippen molar-refractivity contribution in [3.8, 4) is 20.9 Å². The molecule has 3 amide bonds. The van der Waals surface area contributed by atoms with Crippen LogP contribution in [0.25, 0.3) is 20.9 Å². The van der Waals surface area contributed by atoms with E-state index in [1.54, 1.807) is 69.0 Å². The van der Waals surface area contributed by atoms with Gasteiger partial charge in [-0.2, -0.15) is 0 Å². The monoisotopic (exact) mass is 1070 g/mol. The number of hydrogen-bond donors (Lipinski definition) is 3. The maximum Gasteiger partial charge on any atom is 0.338 e. The largest absolute Gasteiger partial charge is 0.478 e. The van der Waals surface area contributed by atoms with Gasteiger partial charge in [-0.1, -0.05) is 86.8 Å². The first-order valence-electron chi connectivity index (χ1n) is 22.5. The van der Waals surface area contributed by atoms with Crippen molar-refractivity contribution < 1.29 is 46.6 Å².